The van der Waals surface area contributed by atoms with Gasteiger partial charge in [0.15, 0.2) is 0 Å². The molecule has 2 heterocycles. The molecule has 0 saturated heterocycles. The smallest absolute Gasteiger partial charge is 0.237 e. The van der Waals surface area contributed by atoms with Crippen LogP contribution in [0.4, 0.5) is 15.8 Å². The molecule has 2 aromatic rings. The Kier molecular flexibility index (Phi) is 7.84. The molecule has 0 aromatic carbocycles. The minimum absolute atomic E-state index is 0.0295. The molecule has 2 aromatic heterocycles. The van der Waals surface area contributed by atoms with Crippen LogP contribution in [0.3, 0.4) is 0 Å². The molecule has 6 nitrogen and oxygen atoms in total. The highest BCUT2D eigenvalue weighted by atomic mass is 19.1. The molecule has 154 valence electrons. The van der Waals surface area contributed by atoms with Gasteiger partial charge in [0.2, 0.25) is 11.8 Å². The number of nitrogens with zero attached hydrogens (tertiary/aromatic N) is 2. The minimum Gasteiger partial charge on any atom is -0.473 e. The predicted molar refractivity (Wildman–Crippen MR) is 111 cm³/mol. The fourth-order valence-electron chi connectivity index (χ4n) is 2.69. The average molecular weight is 391 g/mol. The molecule has 0 bridgehead atoms. The lowest BCUT2D eigenvalue weighted by molar-refractivity contribution is 0.210. The highest BCUT2D eigenvalue weighted by Crippen LogP contribution is 2.26. The van der Waals surface area contributed by atoms with Gasteiger partial charge < -0.3 is 20.1 Å². The summed E-state index contributed by atoms with van der Waals surface area (Å²) in [7, 11) is 0. The third-order valence-electron chi connectivity index (χ3n) is 3.70. The second-order valence-corrected chi connectivity index (χ2v) is 7.29. The monoisotopic (exact) mass is 390 g/mol. The van der Waals surface area contributed by atoms with Crippen LogP contribution in [-0.4, -0.2) is 34.8 Å². The maximum absolute atomic E-state index is 13.5. The van der Waals surface area contributed by atoms with Crippen LogP contribution < -0.4 is 20.1 Å². The van der Waals surface area contributed by atoms with Gasteiger partial charge in [0.1, 0.15) is 17.6 Å². The van der Waals surface area contributed by atoms with Gasteiger partial charge in [0.25, 0.3) is 0 Å². The molecule has 28 heavy (non-hydrogen) atoms. The summed E-state index contributed by atoms with van der Waals surface area (Å²) < 4.78 is 25.3. The summed E-state index contributed by atoms with van der Waals surface area (Å²) >= 11 is 0. The average Bonchev–Trinajstić information content (AvgIpc) is 2.59. The number of hydrogen-bond donors (Lipinski definition) is 2. The summed E-state index contributed by atoms with van der Waals surface area (Å²) in [5, 5.41) is 6.42. The van der Waals surface area contributed by atoms with Gasteiger partial charge >= 0.3 is 0 Å². The van der Waals surface area contributed by atoms with Crippen molar-refractivity contribution in [3.8, 4) is 11.8 Å². The summed E-state index contributed by atoms with van der Waals surface area (Å²) in [5.74, 6) is 0.563. The van der Waals surface area contributed by atoms with Crippen molar-refractivity contribution >= 4 is 11.4 Å². The number of aromatic nitrogens is 2. The van der Waals surface area contributed by atoms with Crippen LogP contribution in [0.1, 0.15) is 47.2 Å². The molecule has 0 aliphatic rings. The topological polar surface area (TPSA) is 68.3 Å². The maximum atomic E-state index is 13.5. The van der Waals surface area contributed by atoms with E-state index in [1.807, 2.05) is 53.7 Å². The van der Waals surface area contributed by atoms with E-state index in [0.29, 0.717) is 23.9 Å². The Hall–Kier alpha value is -2.57. The fourth-order valence-corrected chi connectivity index (χ4v) is 2.69. The third kappa shape index (κ3) is 6.55. The Morgan fingerprint density at radius 1 is 1.04 bits per heavy atom. The van der Waals surface area contributed by atoms with Crippen LogP contribution in [-0.2, 0) is 6.42 Å². The molecule has 0 fully saturated rings. The number of anilines is 2. The Bertz CT molecular complexity index is 768. The predicted octanol–water partition coefficient (Wildman–Crippen LogP) is 4.67. The number of hydrogen-bond acceptors (Lipinski definition) is 6. The van der Waals surface area contributed by atoms with Crippen LogP contribution in [0.5, 0.6) is 11.8 Å². The van der Waals surface area contributed by atoms with Crippen molar-refractivity contribution in [2.24, 2.45) is 0 Å². The largest absolute Gasteiger partial charge is 0.473 e. The Morgan fingerprint density at radius 3 is 2.43 bits per heavy atom. The van der Waals surface area contributed by atoms with E-state index in [2.05, 4.69) is 20.6 Å². The second kappa shape index (κ2) is 10.1. The maximum Gasteiger partial charge on any atom is 0.237 e. The fraction of sp³-hybridized carbons (Fsp3) is 0.524. The quantitative estimate of drug-likeness (QED) is 0.615. The SMILES string of the molecule is CCNc1ccc(CC(C)Oc2ncc(F)cc2NC(C)C)nc1OC(C)C. The van der Waals surface area contributed by atoms with E-state index in [1.54, 1.807) is 0 Å². The molecule has 0 aliphatic carbocycles. The Labute approximate surface area is 166 Å². The highest BCUT2D eigenvalue weighted by molar-refractivity contribution is 5.54. The van der Waals surface area contributed by atoms with Gasteiger partial charge in [-0.3, -0.25) is 0 Å². The van der Waals surface area contributed by atoms with Crippen LogP contribution in [0.15, 0.2) is 24.4 Å². The van der Waals surface area contributed by atoms with Crippen LogP contribution >= 0.6 is 0 Å². The molecule has 2 N–H and O–H groups in total. The Balaban J connectivity index is 2.13. The molecule has 1 unspecified atom stereocenters. The molecule has 0 saturated carbocycles. The van der Waals surface area contributed by atoms with E-state index < -0.39 is 5.82 Å². The van der Waals surface area contributed by atoms with E-state index in [-0.39, 0.29) is 18.2 Å². The van der Waals surface area contributed by atoms with Crippen molar-refractivity contribution in [3.05, 3.63) is 35.9 Å². The third-order valence-corrected chi connectivity index (χ3v) is 3.70. The van der Waals surface area contributed by atoms with E-state index in [4.69, 9.17) is 9.47 Å². The lowest BCUT2D eigenvalue weighted by Crippen LogP contribution is -2.19. The van der Waals surface area contributed by atoms with Crippen molar-refractivity contribution in [3.63, 3.8) is 0 Å². The van der Waals surface area contributed by atoms with E-state index in [9.17, 15) is 4.39 Å². The Morgan fingerprint density at radius 2 is 1.79 bits per heavy atom. The minimum atomic E-state index is -0.403. The first-order valence-corrected chi connectivity index (χ1v) is 9.77. The number of pyridine rings is 2. The molecule has 7 heteroatoms. The van der Waals surface area contributed by atoms with Gasteiger partial charge in [-0.05, 0) is 53.7 Å². The van der Waals surface area contributed by atoms with Crippen molar-refractivity contribution in [2.45, 2.75) is 66.2 Å². The first-order chi connectivity index (χ1) is 13.3. The van der Waals surface area contributed by atoms with Crippen molar-refractivity contribution in [1.29, 1.82) is 0 Å². The molecule has 0 radical (unpaired) electrons. The lowest BCUT2D eigenvalue weighted by Gasteiger charge is -2.19. The summed E-state index contributed by atoms with van der Waals surface area (Å²) in [5.41, 5.74) is 2.27. The number of nitrogens with one attached hydrogen (secondary N) is 2. The molecule has 2 rings (SSSR count). The van der Waals surface area contributed by atoms with Crippen molar-refractivity contribution in [1.82, 2.24) is 9.97 Å². The van der Waals surface area contributed by atoms with Crippen molar-refractivity contribution in [2.75, 3.05) is 17.2 Å². The van der Waals surface area contributed by atoms with Gasteiger partial charge in [0, 0.05) is 30.8 Å². The number of halogens is 1. The first-order valence-electron chi connectivity index (χ1n) is 9.77. The standard InChI is InChI=1S/C21H31FN4O2/c1-7-23-18-9-8-17(26-21(18)27-14(4)5)10-15(6)28-20-19(25-13(2)3)11-16(22)12-24-20/h8-9,11-15,23,25H,7,10H2,1-6H3. The molecular weight excluding hydrogens is 359 g/mol. The second-order valence-electron chi connectivity index (χ2n) is 7.29. The first kappa shape index (κ1) is 21.7. The summed E-state index contributed by atoms with van der Waals surface area (Å²) in [6, 6.07) is 5.46. The van der Waals surface area contributed by atoms with Crippen LogP contribution in [0.2, 0.25) is 0 Å². The van der Waals surface area contributed by atoms with Crippen LogP contribution in [0, 0.1) is 5.82 Å². The lowest BCUT2D eigenvalue weighted by atomic mass is 10.2. The van der Waals surface area contributed by atoms with Crippen LogP contribution in [0.25, 0.3) is 0 Å². The number of rotatable bonds is 10. The van der Waals surface area contributed by atoms with Gasteiger partial charge in [-0.15, -0.1) is 0 Å². The molecule has 1 atom stereocenters. The van der Waals surface area contributed by atoms with Gasteiger partial charge in [-0.2, -0.15) is 0 Å². The van der Waals surface area contributed by atoms with E-state index in [0.717, 1.165) is 24.1 Å². The summed E-state index contributed by atoms with van der Waals surface area (Å²) in [6.45, 7) is 12.7. The summed E-state index contributed by atoms with van der Waals surface area (Å²) in [4.78, 5) is 8.73. The zero-order valence-corrected chi connectivity index (χ0v) is 17.5. The normalized spacial score (nSPS) is 12.2. The van der Waals surface area contributed by atoms with E-state index in [1.165, 1.54) is 6.07 Å². The zero-order valence-electron chi connectivity index (χ0n) is 17.5. The molecule has 0 spiro atoms. The highest BCUT2D eigenvalue weighted by Gasteiger charge is 2.15. The molecular formula is C21H31FN4O2. The van der Waals surface area contributed by atoms with Gasteiger partial charge in [-0.25, -0.2) is 14.4 Å². The molecule has 0 aliphatic heterocycles. The van der Waals surface area contributed by atoms with E-state index >= 15 is 0 Å². The van der Waals surface area contributed by atoms with Crippen molar-refractivity contribution < 1.29 is 13.9 Å². The van der Waals surface area contributed by atoms with Gasteiger partial charge in [-0.1, -0.05) is 0 Å². The van der Waals surface area contributed by atoms with Gasteiger partial charge in [0.05, 0.1) is 18.0 Å². The summed E-state index contributed by atoms with van der Waals surface area (Å²) in [6.07, 6.45) is 1.56. The zero-order chi connectivity index (χ0) is 20.7. The number of ether oxygens (including phenoxy) is 2. The molecule has 0 amide bonds.